The smallest absolute Gasteiger partial charge is 0.289 e. The van der Waals surface area contributed by atoms with Crippen molar-refractivity contribution in [2.24, 2.45) is 0 Å². The average molecular weight is 300 g/mol. The lowest BCUT2D eigenvalue weighted by atomic mass is 10.3. The quantitative estimate of drug-likeness (QED) is 0.853. The predicted octanol–water partition coefficient (Wildman–Crippen LogP) is 2.13. The van der Waals surface area contributed by atoms with Crippen molar-refractivity contribution in [2.45, 2.75) is 20.4 Å². The molecule has 0 aliphatic rings. The van der Waals surface area contributed by atoms with Gasteiger partial charge in [-0.3, -0.25) is 4.57 Å². The number of rotatable bonds is 2. The Kier molecular flexibility index (Phi) is 3.20. The van der Waals surface area contributed by atoms with Crippen LogP contribution in [0.25, 0.3) is 0 Å². The Morgan fingerprint density at radius 3 is 2.88 bits per heavy atom. The zero-order chi connectivity index (χ0) is 11.7. The molecule has 0 spiro atoms. The zero-order valence-corrected chi connectivity index (χ0v) is 11.3. The van der Waals surface area contributed by atoms with Crippen molar-refractivity contribution in [3.05, 3.63) is 42.9 Å². The Bertz CT molecular complexity index is 562. The van der Waals surface area contributed by atoms with Crippen LogP contribution in [0.15, 0.2) is 20.2 Å². The van der Waals surface area contributed by atoms with E-state index in [0.29, 0.717) is 6.54 Å². The van der Waals surface area contributed by atoms with Gasteiger partial charge >= 0.3 is 5.69 Å². The van der Waals surface area contributed by atoms with Gasteiger partial charge in [-0.15, -0.1) is 11.3 Å². The maximum atomic E-state index is 11.7. The lowest BCUT2D eigenvalue weighted by Gasteiger charge is -2.10. The van der Waals surface area contributed by atoms with Crippen molar-refractivity contribution in [2.75, 3.05) is 0 Å². The summed E-state index contributed by atoms with van der Waals surface area (Å²) in [5, 5.41) is 1.93. The summed E-state index contributed by atoms with van der Waals surface area (Å²) < 4.78 is 2.49. The molecule has 0 saturated carbocycles. The number of aromatic nitrogens is 3. The molecule has 2 rings (SSSR count). The fourth-order valence-electron chi connectivity index (χ4n) is 1.44. The highest BCUT2D eigenvalue weighted by Gasteiger charge is 2.09. The largest absolute Gasteiger partial charge is 0.348 e. The fraction of sp³-hybridized carbons (Fsp3) is 0.300. The van der Waals surface area contributed by atoms with Gasteiger partial charge in [0.2, 0.25) is 0 Å². The Labute approximate surface area is 105 Å². The van der Waals surface area contributed by atoms with Crippen molar-refractivity contribution >= 4 is 27.3 Å². The third-order valence-corrected chi connectivity index (χ3v) is 4.12. The van der Waals surface area contributed by atoms with Crippen molar-refractivity contribution < 1.29 is 0 Å². The average Bonchev–Trinajstić information content (AvgIpc) is 2.74. The van der Waals surface area contributed by atoms with Gasteiger partial charge in [0.15, 0.2) is 0 Å². The van der Waals surface area contributed by atoms with Gasteiger partial charge in [-0.1, -0.05) is 0 Å². The number of hydrogen-bond donors (Lipinski definition) is 0. The second-order valence-corrected chi connectivity index (χ2v) is 4.96. The maximum absolute atomic E-state index is 11.7. The number of thiazole rings is 1. The lowest BCUT2D eigenvalue weighted by molar-refractivity contribution is 0.678. The molecule has 0 aliphatic heterocycles. The van der Waals surface area contributed by atoms with E-state index in [1.807, 2.05) is 19.2 Å². The molecule has 0 aliphatic carbocycles. The van der Waals surface area contributed by atoms with E-state index in [2.05, 4.69) is 25.9 Å². The summed E-state index contributed by atoms with van der Waals surface area (Å²) in [7, 11) is 0. The highest BCUT2D eigenvalue weighted by atomic mass is 79.9. The summed E-state index contributed by atoms with van der Waals surface area (Å²) in [5.41, 5.74) is 4.01. The molecular weight excluding hydrogens is 290 g/mol. The van der Waals surface area contributed by atoms with Gasteiger partial charge in [0, 0.05) is 11.1 Å². The van der Waals surface area contributed by atoms with E-state index in [1.165, 1.54) is 11.3 Å². The standard InChI is InChI=1S/C10H10BrN3OS/c1-6-9(11)7(2)14(10(15)13-6)3-8-4-16-5-12-8/h4-5H,3H2,1-2H3. The van der Waals surface area contributed by atoms with E-state index in [4.69, 9.17) is 0 Å². The molecule has 6 heteroatoms. The molecule has 0 fully saturated rings. The summed E-state index contributed by atoms with van der Waals surface area (Å²) in [5.74, 6) is 0. The molecule has 0 atom stereocenters. The minimum Gasteiger partial charge on any atom is -0.289 e. The molecule has 0 N–H and O–H groups in total. The molecule has 0 aromatic carbocycles. The monoisotopic (exact) mass is 299 g/mol. The SMILES string of the molecule is Cc1nc(=O)n(Cc2cscn2)c(C)c1Br. The van der Waals surface area contributed by atoms with Crippen LogP contribution in [0.5, 0.6) is 0 Å². The first-order chi connectivity index (χ1) is 7.59. The minimum atomic E-state index is -0.230. The summed E-state index contributed by atoms with van der Waals surface area (Å²) in [6.45, 7) is 4.18. The van der Waals surface area contributed by atoms with E-state index in [9.17, 15) is 4.79 Å². The van der Waals surface area contributed by atoms with Gasteiger partial charge < -0.3 is 0 Å². The van der Waals surface area contributed by atoms with E-state index in [-0.39, 0.29) is 5.69 Å². The van der Waals surface area contributed by atoms with E-state index < -0.39 is 0 Å². The van der Waals surface area contributed by atoms with Crippen LogP contribution in [-0.4, -0.2) is 14.5 Å². The van der Waals surface area contributed by atoms with Crippen molar-refractivity contribution in [3.8, 4) is 0 Å². The van der Waals surface area contributed by atoms with E-state index >= 15 is 0 Å². The number of nitrogens with zero attached hydrogens (tertiary/aromatic N) is 3. The first kappa shape index (κ1) is 11.5. The first-order valence-electron chi connectivity index (χ1n) is 4.70. The molecule has 2 aromatic rings. The van der Waals surface area contributed by atoms with Gasteiger partial charge in [0.05, 0.1) is 27.9 Å². The van der Waals surface area contributed by atoms with Gasteiger partial charge in [-0.2, -0.15) is 4.98 Å². The van der Waals surface area contributed by atoms with Crippen LogP contribution < -0.4 is 5.69 Å². The second-order valence-electron chi connectivity index (χ2n) is 3.45. The second kappa shape index (κ2) is 4.47. The Hall–Kier alpha value is -1.01. The van der Waals surface area contributed by atoms with Gasteiger partial charge in [0.25, 0.3) is 0 Å². The summed E-state index contributed by atoms with van der Waals surface area (Å²) >= 11 is 4.95. The normalized spacial score (nSPS) is 10.7. The number of aryl methyl sites for hydroxylation is 1. The summed E-state index contributed by atoms with van der Waals surface area (Å²) in [6.07, 6.45) is 0. The van der Waals surface area contributed by atoms with Crippen LogP contribution in [0.2, 0.25) is 0 Å². The molecule has 0 bridgehead atoms. The maximum Gasteiger partial charge on any atom is 0.348 e. The van der Waals surface area contributed by atoms with Crippen LogP contribution in [0.1, 0.15) is 17.1 Å². The molecule has 0 saturated heterocycles. The predicted molar refractivity (Wildman–Crippen MR) is 66.9 cm³/mol. The van der Waals surface area contributed by atoms with Crippen LogP contribution >= 0.6 is 27.3 Å². The van der Waals surface area contributed by atoms with Crippen molar-refractivity contribution in [3.63, 3.8) is 0 Å². The topological polar surface area (TPSA) is 47.8 Å². The molecule has 0 radical (unpaired) electrons. The van der Waals surface area contributed by atoms with Crippen LogP contribution in [0.4, 0.5) is 0 Å². The third kappa shape index (κ3) is 2.08. The molecule has 84 valence electrons. The Morgan fingerprint density at radius 2 is 2.25 bits per heavy atom. The lowest BCUT2D eigenvalue weighted by Crippen LogP contribution is -2.27. The van der Waals surface area contributed by atoms with Crippen LogP contribution in [0.3, 0.4) is 0 Å². The third-order valence-electron chi connectivity index (χ3n) is 2.34. The van der Waals surface area contributed by atoms with E-state index in [1.54, 1.807) is 10.1 Å². The first-order valence-corrected chi connectivity index (χ1v) is 6.44. The summed E-state index contributed by atoms with van der Waals surface area (Å²) in [6, 6.07) is 0. The number of hydrogen-bond acceptors (Lipinski definition) is 4. The summed E-state index contributed by atoms with van der Waals surface area (Å²) in [4.78, 5) is 19.9. The van der Waals surface area contributed by atoms with Gasteiger partial charge in [0.1, 0.15) is 0 Å². The Balaban J connectivity index is 2.49. The van der Waals surface area contributed by atoms with E-state index in [0.717, 1.165) is 21.6 Å². The molecule has 0 amide bonds. The van der Waals surface area contributed by atoms with Gasteiger partial charge in [-0.05, 0) is 29.8 Å². The molecule has 2 aromatic heterocycles. The minimum absolute atomic E-state index is 0.230. The highest BCUT2D eigenvalue weighted by molar-refractivity contribution is 9.10. The van der Waals surface area contributed by atoms with Crippen LogP contribution in [-0.2, 0) is 6.54 Å². The molecular formula is C10H10BrN3OS. The molecule has 0 unspecified atom stereocenters. The number of halogens is 1. The molecule has 2 heterocycles. The molecule has 16 heavy (non-hydrogen) atoms. The van der Waals surface area contributed by atoms with Crippen LogP contribution in [0, 0.1) is 13.8 Å². The Morgan fingerprint density at radius 1 is 1.50 bits per heavy atom. The highest BCUT2D eigenvalue weighted by Crippen LogP contribution is 2.17. The van der Waals surface area contributed by atoms with Gasteiger partial charge in [-0.25, -0.2) is 9.78 Å². The van der Waals surface area contributed by atoms with Crippen molar-refractivity contribution in [1.29, 1.82) is 0 Å². The zero-order valence-electron chi connectivity index (χ0n) is 8.90. The van der Waals surface area contributed by atoms with Crippen molar-refractivity contribution in [1.82, 2.24) is 14.5 Å². The molecule has 4 nitrogen and oxygen atoms in total. The fourth-order valence-corrected chi connectivity index (χ4v) is 2.29.